The Morgan fingerprint density at radius 1 is 1.03 bits per heavy atom. The van der Waals surface area contributed by atoms with Gasteiger partial charge in [-0.3, -0.25) is 9.59 Å². The highest BCUT2D eigenvalue weighted by molar-refractivity contribution is 5.99. The van der Waals surface area contributed by atoms with Gasteiger partial charge in [-0.1, -0.05) is 6.07 Å². The van der Waals surface area contributed by atoms with Crippen molar-refractivity contribution in [1.29, 1.82) is 10.5 Å². The van der Waals surface area contributed by atoms with E-state index in [1.165, 1.54) is 17.4 Å². The average molecular weight is 522 g/mol. The van der Waals surface area contributed by atoms with Crippen LogP contribution in [-0.2, 0) is 13.6 Å². The van der Waals surface area contributed by atoms with E-state index in [2.05, 4.69) is 45.5 Å². The number of carbonyl (C=O) groups is 1. The summed E-state index contributed by atoms with van der Waals surface area (Å²) in [5.41, 5.74) is 4.53. The molecule has 2 aliphatic carbocycles. The summed E-state index contributed by atoms with van der Waals surface area (Å²) in [5.74, 6) is 0.712. The maximum atomic E-state index is 13.1. The Labute approximate surface area is 227 Å². The van der Waals surface area contributed by atoms with E-state index in [0.717, 1.165) is 49.0 Å². The number of benzene rings is 1. The van der Waals surface area contributed by atoms with Crippen LogP contribution in [0, 0.1) is 28.6 Å². The first kappa shape index (κ1) is 24.9. The predicted molar refractivity (Wildman–Crippen MR) is 149 cm³/mol. The highest BCUT2D eigenvalue weighted by Crippen LogP contribution is 2.38. The maximum Gasteiger partial charge on any atom is 0.270 e. The number of rotatable bonds is 6. The molecule has 0 atom stereocenters. The Balaban J connectivity index is 1.28. The molecule has 3 heterocycles. The Bertz CT molecular complexity index is 1620. The summed E-state index contributed by atoms with van der Waals surface area (Å²) < 4.78 is 1.43. The van der Waals surface area contributed by atoms with E-state index in [0.29, 0.717) is 35.2 Å². The quantitative estimate of drug-likeness (QED) is 0.527. The number of nitrogens with one attached hydrogen (secondary N) is 1. The van der Waals surface area contributed by atoms with Crippen LogP contribution < -0.4 is 20.7 Å². The number of amides is 1. The van der Waals surface area contributed by atoms with Crippen LogP contribution in [0.25, 0.3) is 11.0 Å². The number of hydrogen-bond donors (Lipinski definition) is 1. The van der Waals surface area contributed by atoms with Crippen LogP contribution in [-0.4, -0.2) is 41.1 Å². The minimum absolute atomic E-state index is 0.00578. The molecule has 1 N–H and O–H groups in total. The first-order valence-electron chi connectivity index (χ1n) is 13.6. The van der Waals surface area contributed by atoms with Gasteiger partial charge in [0.05, 0.1) is 11.2 Å². The van der Waals surface area contributed by atoms with Crippen molar-refractivity contribution >= 4 is 28.3 Å². The molecule has 9 nitrogen and oxygen atoms in total. The highest BCUT2D eigenvalue weighted by Gasteiger charge is 2.34. The summed E-state index contributed by atoms with van der Waals surface area (Å²) in [6, 6.07) is 14.3. The summed E-state index contributed by atoms with van der Waals surface area (Å²) in [7, 11) is 3.56. The summed E-state index contributed by atoms with van der Waals surface area (Å²) in [4.78, 5) is 34.5. The van der Waals surface area contributed by atoms with Crippen molar-refractivity contribution in [1.82, 2.24) is 14.9 Å². The monoisotopic (exact) mass is 521 g/mol. The summed E-state index contributed by atoms with van der Waals surface area (Å²) in [6.07, 6.45) is 6.23. The molecular weight excluding hydrogens is 490 g/mol. The molecule has 2 saturated carbocycles. The molecule has 1 amide bonds. The Hall–Kier alpha value is -4.37. The largest absolute Gasteiger partial charge is 0.369 e. The molecule has 0 bridgehead atoms. The third-order valence-corrected chi connectivity index (χ3v) is 8.71. The van der Waals surface area contributed by atoms with Crippen LogP contribution in [0.1, 0.15) is 65.7 Å². The SMILES string of the molecule is CN(c1c(C#N)c(=O)n(C)c2ccc(C#N)nc12)C1CCC(N(CC2CC2)c2ccc3c(c2)C(=O)NC3)CC1. The van der Waals surface area contributed by atoms with Crippen LogP contribution in [0.15, 0.2) is 35.1 Å². The van der Waals surface area contributed by atoms with Crippen molar-refractivity contribution in [2.24, 2.45) is 13.0 Å². The molecule has 6 rings (SSSR count). The lowest BCUT2D eigenvalue weighted by molar-refractivity contribution is 0.0965. The lowest BCUT2D eigenvalue weighted by Gasteiger charge is -2.42. The molecule has 0 saturated heterocycles. The molecule has 0 unspecified atom stereocenters. The number of pyridine rings is 2. The zero-order valence-corrected chi connectivity index (χ0v) is 22.3. The first-order valence-corrected chi connectivity index (χ1v) is 13.6. The first-order chi connectivity index (χ1) is 18.9. The lowest BCUT2D eigenvalue weighted by Crippen LogP contribution is -2.44. The summed E-state index contributed by atoms with van der Waals surface area (Å²) >= 11 is 0. The second kappa shape index (κ2) is 9.74. The molecule has 2 fully saturated rings. The standard InChI is InChI=1S/C30H31N7O2/c1-35(28-25(15-32)30(39)36(2)26-12-6-20(14-31)34-27(26)28)21-8-10-22(11-9-21)37(17-18-3-4-18)23-7-5-19-16-33-29(38)24(19)13-23/h5-7,12-13,18,21-22H,3-4,8-11,16-17H2,1-2H3,(H,33,38). The highest BCUT2D eigenvalue weighted by atomic mass is 16.2. The Kier molecular flexibility index (Phi) is 6.23. The van der Waals surface area contributed by atoms with E-state index >= 15 is 0 Å². The van der Waals surface area contributed by atoms with E-state index < -0.39 is 0 Å². The number of fused-ring (bicyclic) bond motifs is 2. The predicted octanol–water partition coefficient (Wildman–Crippen LogP) is 3.58. The molecule has 9 heteroatoms. The van der Waals surface area contributed by atoms with Crippen molar-refractivity contribution < 1.29 is 4.79 Å². The molecule has 0 spiro atoms. The molecular formula is C30H31N7O2. The van der Waals surface area contributed by atoms with Gasteiger partial charge >= 0.3 is 0 Å². The van der Waals surface area contributed by atoms with E-state index in [4.69, 9.17) is 0 Å². The number of anilines is 2. The topological polar surface area (TPSA) is 118 Å². The third kappa shape index (κ3) is 4.38. The number of aryl methyl sites for hydroxylation is 1. The van der Waals surface area contributed by atoms with Gasteiger partial charge in [0.25, 0.3) is 11.5 Å². The number of nitrogens with zero attached hydrogens (tertiary/aromatic N) is 6. The molecule has 39 heavy (non-hydrogen) atoms. The summed E-state index contributed by atoms with van der Waals surface area (Å²) in [6.45, 7) is 1.60. The molecule has 2 aromatic heterocycles. The zero-order chi connectivity index (χ0) is 27.3. The van der Waals surface area contributed by atoms with Crippen molar-refractivity contribution in [2.75, 3.05) is 23.4 Å². The van der Waals surface area contributed by atoms with E-state index in [1.807, 2.05) is 11.9 Å². The van der Waals surface area contributed by atoms with Gasteiger partial charge in [-0.2, -0.15) is 10.5 Å². The number of nitriles is 2. The van der Waals surface area contributed by atoms with Crippen molar-refractivity contribution in [2.45, 2.75) is 57.2 Å². The van der Waals surface area contributed by atoms with E-state index in [9.17, 15) is 20.1 Å². The second-order valence-electron chi connectivity index (χ2n) is 11.1. The van der Waals surface area contributed by atoms with Gasteiger partial charge in [-0.25, -0.2) is 4.98 Å². The van der Waals surface area contributed by atoms with Crippen LogP contribution in [0.4, 0.5) is 11.4 Å². The van der Waals surface area contributed by atoms with Crippen LogP contribution in [0.3, 0.4) is 0 Å². The number of hydrogen-bond acceptors (Lipinski definition) is 7. The fourth-order valence-corrected chi connectivity index (χ4v) is 6.26. The molecule has 0 radical (unpaired) electrons. The van der Waals surface area contributed by atoms with Gasteiger partial charge in [-0.05, 0) is 74.3 Å². The van der Waals surface area contributed by atoms with E-state index in [-0.39, 0.29) is 28.8 Å². The minimum Gasteiger partial charge on any atom is -0.369 e. The second-order valence-corrected chi connectivity index (χ2v) is 11.1. The fraction of sp³-hybridized carbons (Fsp3) is 0.433. The van der Waals surface area contributed by atoms with Gasteiger partial charge in [0.1, 0.15) is 28.9 Å². The molecule has 198 valence electrons. The van der Waals surface area contributed by atoms with Crippen LogP contribution in [0.2, 0.25) is 0 Å². The van der Waals surface area contributed by atoms with Crippen molar-refractivity contribution in [3.05, 3.63) is 63.1 Å². The van der Waals surface area contributed by atoms with Gasteiger partial charge < -0.3 is 19.7 Å². The van der Waals surface area contributed by atoms with E-state index in [1.54, 1.807) is 19.2 Å². The maximum absolute atomic E-state index is 13.1. The number of carbonyl (C=O) groups excluding carboxylic acids is 1. The third-order valence-electron chi connectivity index (χ3n) is 8.71. The van der Waals surface area contributed by atoms with Gasteiger partial charge in [-0.15, -0.1) is 0 Å². The van der Waals surface area contributed by atoms with Gasteiger partial charge in [0.2, 0.25) is 0 Å². The average Bonchev–Trinajstić information content (AvgIpc) is 3.73. The normalized spacial score (nSPS) is 20.2. The Morgan fingerprint density at radius 2 is 1.77 bits per heavy atom. The van der Waals surface area contributed by atoms with Gasteiger partial charge in [0.15, 0.2) is 0 Å². The zero-order valence-electron chi connectivity index (χ0n) is 22.3. The molecule has 3 aliphatic rings. The molecule has 1 aliphatic heterocycles. The van der Waals surface area contributed by atoms with Crippen molar-refractivity contribution in [3.63, 3.8) is 0 Å². The van der Waals surface area contributed by atoms with Gasteiger partial charge in [0, 0.05) is 50.5 Å². The van der Waals surface area contributed by atoms with Crippen molar-refractivity contribution in [3.8, 4) is 12.1 Å². The number of aromatic nitrogens is 2. The summed E-state index contributed by atoms with van der Waals surface area (Å²) in [5, 5.41) is 22.3. The van der Waals surface area contributed by atoms with Crippen LogP contribution >= 0.6 is 0 Å². The molecule has 3 aromatic rings. The Morgan fingerprint density at radius 3 is 2.46 bits per heavy atom. The molecule has 1 aromatic carbocycles. The minimum atomic E-state index is -0.358. The fourth-order valence-electron chi connectivity index (χ4n) is 6.26. The van der Waals surface area contributed by atoms with Crippen LogP contribution in [0.5, 0.6) is 0 Å². The smallest absolute Gasteiger partial charge is 0.270 e. The lowest BCUT2D eigenvalue weighted by atomic mass is 9.88.